The van der Waals surface area contributed by atoms with Crippen LogP contribution in [-0.2, 0) is 0 Å². The molecule has 0 radical (unpaired) electrons. The first kappa shape index (κ1) is 15.8. The maximum atomic E-state index is 12.5. The topological polar surface area (TPSA) is 45.2 Å². The largest absolute Gasteiger partial charge is 0.370 e. The lowest BCUT2D eigenvalue weighted by molar-refractivity contribution is 0.0603. The standard InChI is InChI=1S/C17H27N3O/c1-5-18-15-8-6-7-14(19-15)16(21)20-11-9-13(10-12-20)17(2,3)4/h6-8,13H,5,9-12H2,1-4H3,(H,18,19). The second kappa shape index (κ2) is 6.46. The average molecular weight is 289 g/mol. The van der Waals surface area contributed by atoms with Gasteiger partial charge in [-0.2, -0.15) is 0 Å². The van der Waals surface area contributed by atoms with Gasteiger partial charge in [-0.05, 0) is 43.2 Å². The number of amides is 1. The molecule has 4 heteroatoms. The van der Waals surface area contributed by atoms with Crippen LogP contribution in [0.5, 0.6) is 0 Å². The van der Waals surface area contributed by atoms with Crippen LogP contribution in [0, 0.1) is 11.3 Å². The minimum atomic E-state index is 0.0575. The Morgan fingerprint density at radius 3 is 2.57 bits per heavy atom. The molecular formula is C17H27N3O. The lowest BCUT2D eigenvalue weighted by Gasteiger charge is -2.38. The van der Waals surface area contributed by atoms with Gasteiger partial charge in [-0.3, -0.25) is 4.79 Å². The molecule has 1 saturated heterocycles. The third kappa shape index (κ3) is 3.96. The highest BCUT2D eigenvalue weighted by Gasteiger charge is 2.30. The Balaban J connectivity index is 2.00. The van der Waals surface area contributed by atoms with Gasteiger partial charge in [0.25, 0.3) is 5.91 Å². The summed E-state index contributed by atoms with van der Waals surface area (Å²) < 4.78 is 0. The highest BCUT2D eigenvalue weighted by atomic mass is 16.2. The van der Waals surface area contributed by atoms with Crippen molar-refractivity contribution in [2.24, 2.45) is 11.3 Å². The fraction of sp³-hybridized carbons (Fsp3) is 0.647. The summed E-state index contributed by atoms with van der Waals surface area (Å²) in [7, 11) is 0. The summed E-state index contributed by atoms with van der Waals surface area (Å²) in [4.78, 5) is 18.9. The van der Waals surface area contributed by atoms with Gasteiger partial charge in [0.2, 0.25) is 0 Å². The highest BCUT2D eigenvalue weighted by molar-refractivity contribution is 5.92. The van der Waals surface area contributed by atoms with Gasteiger partial charge in [-0.1, -0.05) is 26.8 Å². The first-order valence-corrected chi connectivity index (χ1v) is 7.92. The third-order valence-corrected chi connectivity index (χ3v) is 4.33. The molecule has 116 valence electrons. The number of aromatic nitrogens is 1. The monoisotopic (exact) mass is 289 g/mol. The van der Waals surface area contributed by atoms with E-state index in [4.69, 9.17) is 0 Å². The predicted molar refractivity (Wildman–Crippen MR) is 86.5 cm³/mol. The average Bonchev–Trinajstić information content (AvgIpc) is 2.46. The molecule has 0 aromatic carbocycles. The number of nitrogens with zero attached hydrogens (tertiary/aromatic N) is 2. The SMILES string of the molecule is CCNc1cccc(C(=O)N2CCC(C(C)(C)C)CC2)n1. The summed E-state index contributed by atoms with van der Waals surface area (Å²) in [6.07, 6.45) is 2.17. The van der Waals surface area contributed by atoms with Crippen molar-refractivity contribution in [1.82, 2.24) is 9.88 Å². The molecular weight excluding hydrogens is 262 g/mol. The molecule has 0 bridgehead atoms. The molecule has 4 nitrogen and oxygen atoms in total. The molecule has 2 rings (SSSR count). The number of hydrogen-bond acceptors (Lipinski definition) is 3. The van der Waals surface area contributed by atoms with E-state index in [2.05, 4.69) is 31.1 Å². The molecule has 1 fully saturated rings. The number of likely N-dealkylation sites (tertiary alicyclic amines) is 1. The van der Waals surface area contributed by atoms with E-state index in [1.165, 1.54) is 0 Å². The molecule has 1 aliphatic rings. The van der Waals surface area contributed by atoms with Crippen molar-refractivity contribution in [2.45, 2.75) is 40.5 Å². The minimum absolute atomic E-state index is 0.0575. The van der Waals surface area contributed by atoms with Crippen LogP contribution in [0.2, 0.25) is 0 Å². The van der Waals surface area contributed by atoms with Gasteiger partial charge >= 0.3 is 0 Å². The Bertz CT molecular complexity index is 485. The quantitative estimate of drug-likeness (QED) is 0.927. The van der Waals surface area contributed by atoms with Crippen LogP contribution >= 0.6 is 0 Å². The zero-order chi connectivity index (χ0) is 15.5. The van der Waals surface area contributed by atoms with E-state index in [1.807, 2.05) is 24.0 Å². The number of rotatable bonds is 3. The molecule has 1 aromatic rings. The number of carbonyl (C=O) groups excluding carboxylic acids is 1. The van der Waals surface area contributed by atoms with Crippen LogP contribution in [0.15, 0.2) is 18.2 Å². The van der Waals surface area contributed by atoms with Crippen molar-refractivity contribution in [2.75, 3.05) is 25.0 Å². The van der Waals surface area contributed by atoms with Crippen LogP contribution in [-0.4, -0.2) is 35.4 Å². The lowest BCUT2D eigenvalue weighted by atomic mass is 9.75. The van der Waals surface area contributed by atoms with Crippen molar-refractivity contribution in [3.8, 4) is 0 Å². The highest BCUT2D eigenvalue weighted by Crippen LogP contribution is 2.34. The van der Waals surface area contributed by atoms with E-state index in [0.29, 0.717) is 17.0 Å². The zero-order valence-corrected chi connectivity index (χ0v) is 13.6. The van der Waals surface area contributed by atoms with E-state index < -0.39 is 0 Å². The molecule has 1 amide bonds. The van der Waals surface area contributed by atoms with E-state index in [1.54, 1.807) is 6.07 Å². The second-order valence-electron chi connectivity index (χ2n) is 6.87. The van der Waals surface area contributed by atoms with Crippen molar-refractivity contribution < 1.29 is 4.79 Å². The molecule has 21 heavy (non-hydrogen) atoms. The Morgan fingerprint density at radius 2 is 2.00 bits per heavy atom. The van der Waals surface area contributed by atoms with Gasteiger partial charge in [0.15, 0.2) is 0 Å². The second-order valence-corrected chi connectivity index (χ2v) is 6.87. The van der Waals surface area contributed by atoms with Crippen LogP contribution < -0.4 is 5.32 Å². The fourth-order valence-electron chi connectivity index (χ4n) is 2.94. The molecule has 0 atom stereocenters. The van der Waals surface area contributed by atoms with Gasteiger partial charge < -0.3 is 10.2 Å². The minimum Gasteiger partial charge on any atom is -0.370 e. The number of piperidine rings is 1. The van der Waals surface area contributed by atoms with Crippen LogP contribution in [0.4, 0.5) is 5.82 Å². The number of nitrogens with one attached hydrogen (secondary N) is 1. The maximum absolute atomic E-state index is 12.5. The van der Waals surface area contributed by atoms with Crippen molar-refractivity contribution in [1.29, 1.82) is 0 Å². The summed E-state index contributed by atoms with van der Waals surface area (Å²) in [5.41, 5.74) is 0.876. The summed E-state index contributed by atoms with van der Waals surface area (Å²) in [5, 5.41) is 3.15. The van der Waals surface area contributed by atoms with Crippen LogP contribution in [0.1, 0.15) is 51.0 Å². The third-order valence-electron chi connectivity index (χ3n) is 4.33. The van der Waals surface area contributed by atoms with E-state index in [-0.39, 0.29) is 5.91 Å². The number of carbonyl (C=O) groups is 1. The number of pyridine rings is 1. The van der Waals surface area contributed by atoms with Crippen molar-refractivity contribution >= 4 is 11.7 Å². The molecule has 1 N–H and O–H groups in total. The zero-order valence-electron chi connectivity index (χ0n) is 13.6. The fourth-order valence-corrected chi connectivity index (χ4v) is 2.94. The first-order chi connectivity index (χ1) is 9.91. The Labute approximate surface area is 127 Å². The van der Waals surface area contributed by atoms with Gasteiger partial charge in [0.05, 0.1) is 0 Å². The molecule has 0 spiro atoms. The molecule has 0 aliphatic carbocycles. The van der Waals surface area contributed by atoms with Gasteiger partial charge in [-0.25, -0.2) is 4.98 Å². The van der Waals surface area contributed by atoms with Crippen LogP contribution in [0.3, 0.4) is 0 Å². The Hall–Kier alpha value is -1.58. The van der Waals surface area contributed by atoms with Gasteiger partial charge in [0.1, 0.15) is 11.5 Å². The molecule has 1 aromatic heterocycles. The van der Waals surface area contributed by atoms with Crippen molar-refractivity contribution in [3.05, 3.63) is 23.9 Å². The van der Waals surface area contributed by atoms with Gasteiger partial charge in [0, 0.05) is 19.6 Å². The summed E-state index contributed by atoms with van der Waals surface area (Å²) in [6, 6.07) is 5.59. The van der Waals surface area contributed by atoms with E-state index in [0.717, 1.165) is 38.3 Å². The number of anilines is 1. The first-order valence-electron chi connectivity index (χ1n) is 7.92. The van der Waals surface area contributed by atoms with Crippen molar-refractivity contribution in [3.63, 3.8) is 0 Å². The van der Waals surface area contributed by atoms with Gasteiger partial charge in [-0.15, -0.1) is 0 Å². The Kier molecular flexibility index (Phi) is 4.86. The maximum Gasteiger partial charge on any atom is 0.272 e. The van der Waals surface area contributed by atoms with Crippen LogP contribution in [0.25, 0.3) is 0 Å². The van der Waals surface area contributed by atoms with E-state index in [9.17, 15) is 4.79 Å². The lowest BCUT2D eigenvalue weighted by Crippen LogP contribution is -2.41. The van der Waals surface area contributed by atoms with E-state index >= 15 is 0 Å². The molecule has 1 aliphatic heterocycles. The summed E-state index contributed by atoms with van der Waals surface area (Å²) in [5.74, 6) is 1.53. The predicted octanol–water partition coefficient (Wildman–Crippen LogP) is 3.41. The molecule has 0 saturated carbocycles. The smallest absolute Gasteiger partial charge is 0.272 e. The molecule has 2 heterocycles. The summed E-state index contributed by atoms with van der Waals surface area (Å²) >= 11 is 0. The number of hydrogen-bond donors (Lipinski definition) is 1. The normalized spacial score (nSPS) is 16.9. The summed E-state index contributed by atoms with van der Waals surface area (Å²) in [6.45, 7) is 11.4. The Morgan fingerprint density at radius 1 is 1.33 bits per heavy atom. The molecule has 0 unspecified atom stereocenters.